The summed E-state index contributed by atoms with van der Waals surface area (Å²) in [7, 11) is -4.60. The second-order valence-corrected chi connectivity index (χ2v) is 5.03. The Kier molecular flexibility index (Phi) is 3.88. The number of non-ortho nitro benzene ring substituents is 1. The molecule has 0 fully saturated rings. The van der Waals surface area contributed by atoms with Crippen LogP contribution in [0.2, 0.25) is 0 Å². The quantitative estimate of drug-likeness (QED) is 0.330. The van der Waals surface area contributed by atoms with Gasteiger partial charge in [-0.15, -0.1) is 0 Å². The van der Waals surface area contributed by atoms with Crippen LogP contribution >= 0.6 is 7.82 Å². The fraction of sp³-hybridized carbons (Fsp3) is 0. The summed E-state index contributed by atoms with van der Waals surface area (Å²) in [6, 6.07) is 3.54. The Labute approximate surface area is 102 Å². The van der Waals surface area contributed by atoms with Crippen molar-refractivity contribution in [2.24, 2.45) is 0 Å². The van der Waals surface area contributed by atoms with Crippen LogP contribution in [-0.2, 0) is 4.57 Å². The molecular weight excluding hydrogens is 236 g/mol. The number of phosphoric acid groups is 1. The summed E-state index contributed by atoms with van der Waals surface area (Å²) in [6.07, 6.45) is 0. The topological polar surface area (TPSA) is 110 Å². The standard InChI is InChI=1S/C6H5NO6P.Na/c8-7(9)5-1-3-6(4-2-5)13-14(10,11)12;/h1-3H,(H2,10,11,12);. The van der Waals surface area contributed by atoms with E-state index >= 15 is 0 Å². The summed E-state index contributed by atoms with van der Waals surface area (Å²) in [5, 5.41) is 10.4. The molecule has 0 bridgehead atoms. The van der Waals surface area contributed by atoms with Gasteiger partial charge in [0.05, 0.1) is 0 Å². The van der Waals surface area contributed by atoms with Gasteiger partial charge in [0.1, 0.15) is 0 Å². The van der Waals surface area contributed by atoms with Gasteiger partial charge >= 0.3 is 102 Å². The third-order valence-corrected chi connectivity index (χ3v) is 2.80. The minimum atomic E-state index is -4.60. The summed E-state index contributed by atoms with van der Waals surface area (Å²) in [5.41, 5.74) is -0.127. The third kappa shape index (κ3) is 3.90. The third-order valence-electron chi connectivity index (χ3n) is 1.59. The Morgan fingerprint density at radius 2 is 2.07 bits per heavy atom. The van der Waals surface area contributed by atoms with Crippen molar-refractivity contribution in [3.8, 4) is 5.75 Å². The van der Waals surface area contributed by atoms with E-state index in [1.165, 1.54) is 12.1 Å². The van der Waals surface area contributed by atoms with Crippen LogP contribution in [-0.4, -0.2) is 42.6 Å². The van der Waals surface area contributed by atoms with Gasteiger partial charge in [0, 0.05) is 0 Å². The predicted octanol–water partition coefficient (Wildman–Crippen LogP) is -0.140. The van der Waals surface area contributed by atoms with Gasteiger partial charge in [0.2, 0.25) is 0 Å². The first-order valence-corrected chi connectivity index (χ1v) is 6.33. The molecule has 0 heterocycles. The second kappa shape index (κ2) is 4.61. The van der Waals surface area contributed by atoms with Crippen LogP contribution in [0.4, 0.5) is 5.69 Å². The number of nitrogens with zero attached hydrogens (tertiary/aromatic N) is 1. The van der Waals surface area contributed by atoms with Crippen molar-refractivity contribution >= 4 is 44.3 Å². The SMILES string of the molecule is O=[N+]([O-])c1ccc(OP(=O)(O)O)[c]([Na])c1. The van der Waals surface area contributed by atoms with Gasteiger partial charge in [-0.1, -0.05) is 0 Å². The molecule has 0 aromatic heterocycles. The number of hydrogen-bond donors (Lipinski definition) is 2. The molecule has 9 heteroatoms. The van der Waals surface area contributed by atoms with Gasteiger partial charge in [-0.2, -0.15) is 0 Å². The van der Waals surface area contributed by atoms with Crippen molar-refractivity contribution in [1.29, 1.82) is 0 Å². The first-order chi connectivity index (χ1) is 6.79. The average molecular weight is 241 g/mol. The van der Waals surface area contributed by atoms with E-state index in [1.54, 1.807) is 0 Å². The van der Waals surface area contributed by atoms with Crippen LogP contribution in [0, 0.1) is 10.1 Å². The van der Waals surface area contributed by atoms with Crippen molar-refractivity contribution in [2.45, 2.75) is 0 Å². The molecule has 0 aliphatic heterocycles. The molecule has 7 nitrogen and oxygen atoms in total. The van der Waals surface area contributed by atoms with E-state index in [4.69, 9.17) is 9.79 Å². The molecule has 0 radical (unpaired) electrons. The Bertz CT molecular complexity index is 443. The van der Waals surface area contributed by atoms with Crippen molar-refractivity contribution in [3.05, 3.63) is 28.3 Å². The number of hydrogen-bond acceptors (Lipinski definition) is 4. The molecule has 76 valence electrons. The van der Waals surface area contributed by atoms with E-state index in [9.17, 15) is 14.7 Å². The molecule has 0 aliphatic carbocycles. The maximum atomic E-state index is 10.5. The van der Waals surface area contributed by atoms with E-state index in [2.05, 4.69) is 4.52 Å². The van der Waals surface area contributed by atoms with Crippen molar-refractivity contribution in [1.82, 2.24) is 0 Å². The van der Waals surface area contributed by atoms with Gasteiger partial charge < -0.3 is 0 Å². The van der Waals surface area contributed by atoms with Crippen molar-refractivity contribution < 1.29 is 23.8 Å². The monoisotopic (exact) mass is 241 g/mol. The molecule has 1 aromatic rings. The molecular formula is C6H5NNaO6P. The molecule has 15 heavy (non-hydrogen) atoms. The maximum absolute atomic E-state index is 10.5. The number of rotatable bonds is 3. The molecule has 2 N–H and O–H groups in total. The molecule has 0 saturated heterocycles. The zero-order chi connectivity index (χ0) is 11.6. The normalized spacial score (nSPS) is 11.2. The van der Waals surface area contributed by atoms with Gasteiger partial charge in [-0.05, 0) is 0 Å². The van der Waals surface area contributed by atoms with Crippen LogP contribution < -0.4 is 7.34 Å². The van der Waals surface area contributed by atoms with Gasteiger partial charge in [-0.25, -0.2) is 0 Å². The molecule has 0 atom stereocenters. The molecule has 1 rings (SSSR count). The first kappa shape index (κ1) is 12.6. The zero-order valence-corrected chi connectivity index (χ0v) is 10.5. The van der Waals surface area contributed by atoms with Crippen LogP contribution in [0.3, 0.4) is 0 Å². The Morgan fingerprint density at radius 3 is 2.47 bits per heavy atom. The van der Waals surface area contributed by atoms with Crippen molar-refractivity contribution in [3.63, 3.8) is 0 Å². The number of nitro groups is 1. The fourth-order valence-electron chi connectivity index (χ4n) is 0.978. The summed E-state index contributed by atoms with van der Waals surface area (Å²) >= 11 is 0.390. The Morgan fingerprint density at radius 1 is 1.47 bits per heavy atom. The molecule has 0 amide bonds. The summed E-state index contributed by atoms with van der Waals surface area (Å²) in [4.78, 5) is 26.9. The molecule has 1 aromatic carbocycles. The molecule has 0 unspecified atom stereocenters. The van der Waals surface area contributed by atoms with Crippen molar-refractivity contribution in [2.75, 3.05) is 0 Å². The summed E-state index contributed by atoms with van der Waals surface area (Å²) in [5.74, 6) is -0.0133. The first-order valence-electron chi connectivity index (χ1n) is 3.80. The number of nitro benzene ring substituents is 1. The molecule has 0 saturated carbocycles. The minimum absolute atomic E-state index is 0.0133. The predicted molar refractivity (Wildman–Crippen MR) is 51.2 cm³/mol. The van der Waals surface area contributed by atoms with E-state index in [0.29, 0.717) is 30.7 Å². The van der Waals surface area contributed by atoms with Gasteiger partial charge in [0.15, 0.2) is 0 Å². The number of benzene rings is 1. The molecule has 0 aliphatic rings. The van der Waals surface area contributed by atoms with E-state index in [-0.39, 0.29) is 11.4 Å². The van der Waals surface area contributed by atoms with E-state index in [0.717, 1.165) is 6.07 Å². The molecule has 0 spiro atoms. The van der Waals surface area contributed by atoms with E-state index in [1.807, 2.05) is 0 Å². The van der Waals surface area contributed by atoms with Crippen LogP contribution in [0.5, 0.6) is 5.75 Å². The van der Waals surface area contributed by atoms with E-state index < -0.39 is 12.7 Å². The fourth-order valence-corrected chi connectivity index (χ4v) is 2.18. The summed E-state index contributed by atoms with van der Waals surface area (Å²) < 4.78 is 15.3. The van der Waals surface area contributed by atoms with Gasteiger partial charge in [0.25, 0.3) is 0 Å². The van der Waals surface area contributed by atoms with Gasteiger partial charge in [-0.3, -0.25) is 0 Å². The summed E-state index contributed by atoms with van der Waals surface area (Å²) in [6.45, 7) is 0. The Balaban J connectivity index is 3.04. The zero-order valence-electron chi connectivity index (χ0n) is 7.65. The van der Waals surface area contributed by atoms with Crippen LogP contribution in [0.15, 0.2) is 18.2 Å². The Hall–Kier alpha value is -0.430. The van der Waals surface area contributed by atoms with Crippen LogP contribution in [0.1, 0.15) is 0 Å². The van der Waals surface area contributed by atoms with Crippen LogP contribution in [0.25, 0.3) is 0 Å². The average Bonchev–Trinajstić information content (AvgIpc) is 2.05. The number of phosphoric ester groups is 1. The second-order valence-electron chi connectivity index (χ2n) is 2.79.